The minimum Gasteiger partial charge on any atom is -0.507 e. The molecule has 0 heterocycles. The van der Waals surface area contributed by atoms with Crippen LogP contribution in [0.25, 0.3) is 0 Å². The monoisotopic (exact) mass is 443 g/mol. The molecule has 0 unspecified atom stereocenters. The second kappa shape index (κ2) is 14.0. The van der Waals surface area contributed by atoms with Gasteiger partial charge < -0.3 is 24.8 Å². The van der Waals surface area contributed by atoms with Crippen molar-refractivity contribution in [1.29, 1.82) is 0 Å². The van der Waals surface area contributed by atoms with E-state index in [0.717, 1.165) is 6.92 Å². The first-order chi connectivity index (χ1) is 13.4. The summed E-state index contributed by atoms with van der Waals surface area (Å²) < 4.78 is 10.0. The molecule has 9 heteroatoms. The standard InChI is InChI=1S/C18H20N2O4.C2H4O2.Mn/c1-23-15-5-3-13(17(21)9-15)11-19-7-8-20-12-14-4-6-16(24-2)10-18(14)22;1-2(3)4;/h3-6,9-12,21-22H,7-8H2,1-2H3;1H3,(H,3,4);/q;;+2. The van der Waals surface area contributed by atoms with E-state index in [1.54, 1.807) is 50.9 Å². The quantitative estimate of drug-likeness (QED) is 0.344. The van der Waals surface area contributed by atoms with Crippen LogP contribution in [0.5, 0.6) is 23.0 Å². The Balaban J connectivity index is 0.00000143. The van der Waals surface area contributed by atoms with E-state index < -0.39 is 5.97 Å². The first-order valence-corrected chi connectivity index (χ1v) is 8.30. The summed E-state index contributed by atoms with van der Waals surface area (Å²) in [6.45, 7) is 2.03. The fourth-order valence-electron chi connectivity index (χ4n) is 1.96. The maximum absolute atomic E-state index is 9.81. The first-order valence-electron chi connectivity index (χ1n) is 8.30. The number of aliphatic imine (C=N–C) groups is 2. The van der Waals surface area contributed by atoms with Crippen molar-refractivity contribution in [3.63, 3.8) is 0 Å². The fraction of sp³-hybridized carbons (Fsp3) is 0.250. The molecule has 0 saturated heterocycles. The predicted octanol–water partition coefficient (Wildman–Crippen LogP) is 2.74. The average molecular weight is 443 g/mol. The van der Waals surface area contributed by atoms with Gasteiger partial charge in [-0.2, -0.15) is 0 Å². The number of rotatable bonds is 7. The largest absolute Gasteiger partial charge is 2.00 e. The van der Waals surface area contributed by atoms with Crippen molar-refractivity contribution in [2.45, 2.75) is 6.92 Å². The summed E-state index contributed by atoms with van der Waals surface area (Å²) in [4.78, 5) is 17.4. The fourth-order valence-corrected chi connectivity index (χ4v) is 1.96. The van der Waals surface area contributed by atoms with Crippen LogP contribution < -0.4 is 9.47 Å². The summed E-state index contributed by atoms with van der Waals surface area (Å²) >= 11 is 0. The van der Waals surface area contributed by atoms with Gasteiger partial charge in [0.05, 0.1) is 27.3 Å². The summed E-state index contributed by atoms with van der Waals surface area (Å²) in [5.41, 5.74) is 1.24. The van der Waals surface area contributed by atoms with Crippen LogP contribution in [0.2, 0.25) is 0 Å². The van der Waals surface area contributed by atoms with Gasteiger partial charge in [-0.15, -0.1) is 0 Å². The van der Waals surface area contributed by atoms with Gasteiger partial charge in [-0.25, -0.2) is 0 Å². The van der Waals surface area contributed by atoms with Crippen molar-refractivity contribution >= 4 is 18.4 Å². The number of carboxylic acid groups (broad SMARTS) is 1. The van der Waals surface area contributed by atoms with Crippen LogP contribution in [0, 0.1) is 0 Å². The van der Waals surface area contributed by atoms with Gasteiger partial charge in [0.1, 0.15) is 23.0 Å². The van der Waals surface area contributed by atoms with Crippen molar-refractivity contribution in [2.24, 2.45) is 9.98 Å². The van der Waals surface area contributed by atoms with E-state index in [2.05, 4.69) is 9.98 Å². The van der Waals surface area contributed by atoms with E-state index in [0.29, 0.717) is 35.7 Å². The van der Waals surface area contributed by atoms with E-state index >= 15 is 0 Å². The number of nitrogens with zero attached hydrogens (tertiary/aromatic N) is 2. The van der Waals surface area contributed by atoms with Crippen molar-refractivity contribution in [3.05, 3.63) is 47.5 Å². The molecular formula is C20H24MnN2O6+2. The molecule has 1 radical (unpaired) electrons. The Morgan fingerprint density at radius 1 is 0.897 bits per heavy atom. The second-order valence-corrected chi connectivity index (χ2v) is 5.44. The van der Waals surface area contributed by atoms with Gasteiger partial charge in [0.2, 0.25) is 0 Å². The van der Waals surface area contributed by atoms with Crippen LogP contribution in [-0.4, -0.2) is 61.0 Å². The molecule has 0 saturated carbocycles. The maximum Gasteiger partial charge on any atom is 2.00 e. The first kappa shape index (κ1) is 26.0. The zero-order chi connectivity index (χ0) is 20.9. The Kier molecular flexibility index (Phi) is 12.6. The van der Waals surface area contributed by atoms with Crippen LogP contribution in [-0.2, 0) is 21.9 Å². The Bertz CT molecular complexity index is 772. The summed E-state index contributed by atoms with van der Waals surface area (Å²) in [5, 5.41) is 27.0. The third-order valence-corrected chi connectivity index (χ3v) is 3.29. The molecule has 0 aromatic heterocycles. The van der Waals surface area contributed by atoms with Crippen molar-refractivity contribution in [2.75, 3.05) is 27.3 Å². The number of hydrogen-bond acceptors (Lipinski definition) is 7. The number of aliphatic carboxylic acids is 1. The SMILES string of the molecule is CC(=O)O.COc1ccc(C=NCCN=Cc2ccc(OC)cc2O)c(O)c1.[Mn+2]. The van der Waals surface area contributed by atoms with E-state index in [9.17, 15) is 10.2 Å². The minimum absolute atomic E-state index is 0. The molecule has 0 spiro atoms. The molecule has 0 aliphatic carbocycles. The number of methoxy groups -OCH3 is 2. The number of ether oxygens (including phenoxy) is 2. The number of carboxylic acids is 1. The number of phenols is 2. The molecule has 0 amide bonds. The number of benzene rings is 2. The zero-order valence-corrected chi connectivity index (χ0v) is 17.6. The minimum atomic E-state index is -0.833. The van der Waals surface area contributed by atoms with Gasteiger partial charge in [0, 0.05) is 42.6 Å². The van der Waals surface area contributed by atoms with Crippen molar-refractivity contribution < 1.29 is 46.7 Å². The van der Waals surface area contributed by atoms with E-state index in [1.165, 1.54) is 12.1 Å². The van der Waals surface area contributed by atoms with Crippen molar-refractivity contribution in [1.82, 2.24) is 0 Å². The number of hydrogen-bond donors (Lipinski definition) is 3. The molecule has 8 nitrogen and oxygen atoms in total. The van der Waals surface area contributed by atoms with Gasteiger partial charge in [-0.3, -0.25) is 14.8 Å². The van der Waals surface area contributed by atoms with Gasteiger partial charge in [-0.1, -0.05) is 0 Å². The molecule has 0 atom stereocenters. The number of phenolic OH excluding ortho intramolecular Hbond substituents is 2. The normalized spacial score (nSPS) is 10.2. The summed E-state index contributed by atoms with van der Waals surface area (Å²) in [6.07, 6.45) is 3.18. The number of carbonyl (C=O) groups is 1. The summed E-state index contributed by atoms with van der Waals surface area (Å²) in [7, 11) is 3.09. The van der Waals surface area contributed by atoms with Crippen LogP contribution in [0.15, 0.2) is 46.4 Å². The Hall–Kier alpha value is -3.03. The van der Waals surface area contributed by atoms with Gasteiger partial charge >= 0.3 is 17.1 Å². The summed E-state index contributed by atoms with van der Waals surface area (Å²) in [6, 6.07) is 10.0. The van der Waals surface area contributed by atoms with Crippen LogP contribution in [0.1, 0.15) is 18.1 Å². The van der Waals surface area contributed by atoms with Gasteiger partial charge in [0.25, 0.3) is 5.97 Å². The Morgan fingerprint density at radius 2 is 1.24 bits per heavy atom. The molecule has 29 heavy (non-hydrogen) atoms. The third kappa shape index (κ3) is 10.2. The molecule has 0 fully saturated rings. The number of aromatic hydroxyl groups is 2. The molecule has 0 bridgehead atoms. The third-order valence-electron chi connectivity index (χ3n) is 3.29. The molecule has 0 aliphatic rings. The van der Waals surface area contributed by atoms with Crippen molar-refractivity contribution in [3.8, 4) is 23.0 Å². The maximum atomic E-state index is 9.81. The molecule has 3 N–H and O–H groups in total. The second-order valence-electron chi connectivity index (χ2n) is 5.44. The molecule has 2 aromatic carbocycles. The molecular weight excluding hydrogens is 419 g/mol. The molecule has 2 rings (SSSR count). The molecule has 0 aliphatic heterocycles. The Morgan fingerprint density at radius 3 is 1.52 bits per heavy atom. The Labute approximate surface area is 180 Å². The van der Waals surface area contributed by atoms with E-state index in [1.807, 2.05) is 0 Å². The van der Waals surface area contributed by atoms with Crippen LogP contribution in [0.3, 0.4) is 0 Å². The van der Waals surface area contributed by atoms with E-state index in [-0.39, 0.29) is 28.6 Å². The van der Waals surface area contributed by atoms with Crippen LogP contribution >= 0.6 is 0 Å². The molecule has 155 valence electrons. The smallest absolute Gasteiger partial charge is 0.507 e. The predicted molar refractivity (Wildman–Crippen MR) is 108 cm³/mol. The van der Waals surface area contributed by atoms with Gasteiger partial charge in [-0.05, 0) is 24.3 Å². The van der Waals surface area contributed by atoms with Crippen LogP contribution in [0.4, 0.5) is 0 Å². The topological polar surface area (TPSA) is 121 Å². The van der Waals surface area contributed by atoms with E-state index in [4.69, 9.17) is 19.4 Å². The zero-order valence-electron chi connectivity index (χ0n) is 16.4. The molecule has 2 aromatic rings. The summed E-state index contributed by atoms with van der Waals surface area (Å²) in [5.74, 6) is 0.580. The van der Waals surface area contributed by atoms with Gasteiger partial charge in [0.15, 0.2) is 0 Å². The average Bonchev–Trinajstić information content (AvgIpc) is 2.66.